The fourth-order valence-corrected chi connectivity index (χ4v) is 6.71. The van der Waals surface area contributed by atoms with Crippen molar-refractivity contribution < 1.29 is 18.0 Å². The second kappa shape index (κ2) is 11.4. The van der Waals surface area contributed by atoms with Crippen LogP contribution in [0.25, 0.3) is 0 Å². The molecule has 35 heavy (non-hydrogen) atoms. The third kappa shape index (κ3) is 7.06. The van der Waals surface area contributed by atoms with Crippen LogP contribution in [0.2, 0.25) is 5.02 Å². The van der Waals surface area contributed by atoms with E-state index in [1.54, 1.807) is 0 Å². The number of thioether (sulfide) groups is 1. The predicted molar refractivity (Wildman–Crippen MR) is 139 cm³/mol. The first kappa shape index (κ1) is 26.1. The molecule has 3 heterocycles. The summed E-state index contributed by atoms with van der Waals surface area (Å²) in [6.07, 6.45) is 2.12. The van der Waals surface area contributed by atoms with Crippen LogP contribution in [0.3, 0.4) is 0 Å². The van der Waals surface area contributed by atoms with Gasteiger partial charge in [0.15, 0.2) is 4.34 Å². The van der Waals surface area contributed by atoms with E-state index < -0.39 is 10.0 Å². The van der Waals surface area contributed by atoms with E-state index in [1.807, 2.05) is 29.2 Å². The number of carbonyl (C=O) groups excluding carboxylic acids is 2. The lowest BCUT2D eigenvalue weighted by Crippen LogP contribution is -2.49. The molecule has 1 aromatic carbocycles. The Bertz CT molecular complexity index is 1140. The van der Waals surface area contributed by atoms with Crippen molar-refractivity contribution >= 4 is 67.4 Å². The van der Waals surface area contributed by atoms with Crippen molar-refractivity contribution in [3.8, 4) is 0 Å². The molecule has 2 aliphatic rings. The van der Waals surface area contributed by atoms with Crippen LogP contribution in [0.15, 0.2) is 28.6 Å². The zero-order valence-corrected chi connectivity index (χ0v) is 22.4. The van der Waals surface area contributed by atoms with E-state index in [9.17, 15) is 18.0 Å². The van der Waals surface area contributed by atoms with E-state index in [2.05, 4.69) is 20.4 Å². The number of carbonyl (C=O) groups is 2. The first-order chi connectivity index (χ1) is 16.7. The molecule has 2 saturated heterocycles. The van der Waals surface area contributed by atoms with E-state index in [-0.39, 0.29) is 23.5 Å². The molecule has 2 aromatic rings. The van der Waals surface area contributed by atoms with Gasteiger partial charge in [-0.3, -0.25) is 9.59 Å². The summed E-state index contributed by atoms with van der Waals surface area (Å²) in [6.45, 7) is 3.50. The molecule has 4 rings (SSSR count). The van der Waals surface area contributed by atoms with Crippen LogP contribution in [-0.4, -0.2) is 90.9 Å². The van der Waals surface area contributed by atoms with Crippen LogP contribution in [0.1, 0.15) is 12.8 Å². The molecule has 2 fully saturated rings. The number of nitrogens with zero attached hydrogens (tertiary/aromatic N) is 5. The average molecular weight is 559 g/mol. The second-order valence-electron chi connectivity index (χ2n) is 8.43. The van der Waals surface area contributed by atoms with Gasteiger partial charge in [-0.1, -0.05) is 34.7 Å². The molecule has 0 spiro atoms. The van der Waals surface area contributed by atoms with E-state index in [1.165, 1.54) is 33.7 Å². The van der Waals surface area contributed by atoms with Crippen molar-refractivity contribution in [2.45, 2.75) is 17.2 Å². The van der Waals surface area contributed by atoms with Crippen molar-refractivity contribution in [3.63, 3.8) is 0 Å². The minimum atomic E-state index is -3.23. The minimum absolute atomic E-state index is 0.0455. The van der Waals surface area contributed by atoms with Crippen LogP contribution in [0.5, 0.6) is 0 Å². The number of rotatable bonds is 7. The van der Waals surface area contributed by atoms with Gasteiger partial charge in [0.1, 0.15) is 0 Å². The van der Waals surface area contributed by atoms with E-state index in [0.29, 0.717) is 53.5 Å². The monoisotopic (exact) mass is 558 g/mol. The zero-order chi connectivity index (χ0) is 25.0. The molecule has 0 unspecified atom stereocenters. The number of aromatic nitrogens is 2. The molecule has 0 aliphatic carbocycles. The lowest BCUT2D eigenvalue weighted by Gasteiger charge is -2.36. The number of piperidine rings is 1. The summed E-state index contributed by atoms with van der Waals surface area (Å²) in [4.78, 5) is 29.3. The number of hydrogen-bond acceptors (Lipinski definition) is 9. The summed E-state index contributed by atoms with van der Waals surface area (Å²) in [5, 5.41) is 11.9. The summed E-state index contributed by atoms with van der Waals surface area (Å²) in [5.41, 5.74) is 1.10. The largest absolute Gasteiger partial charge is 0.368 e. The molecule has 1 aromatic heterocycles. The van der Waals surface area contributed by atoms with Crippen LogP contribution >= 0.6 is 34.7 Å². The molecule has 190 valence electrons. The zero-order valence-electron chi connectivity index (χ0n) is 19.2. The van der Waals surface area contributed by atoms with Crippen LogP contribution in [-0.2, 0) is 19.6 Å². The maximum Gasteiger partial charge on any atom is 0.233 e. The fraction of sp³-hybridized carbons (Fsp3) is 0.524. The lowest BCUT2D eigenvalue weighted by atomic mass is 9.97. The Kier molecular flexibility index (Phi) is 8.53. The maximum atomic E-state index is 12.7. The van der Waals surface area contributed by atoms with Gasteiger partial charge in [-0.25, -0.2) is 12.7 Å². The Labute approximate surface area is 218 Å². The molecular formula is C21H27ClN6O4S3. The number of benzene rings is 1. The molecule has 2 aliphatic heterocycles. The van der Waals surface area contributed by atoms with Crippen molar-refractivity contribution in [3.05, 3.63) is 29.3 Å². The van der Waals surface area contributed by atoms with Gasteiger partial charge in [0.25, 0.3) is 0 Å². The highest BCUT2D eigenvalue weighted by molar-refractivity contribution is 8.01. The summed E-state index contributed by atoms with van der Waals surface area (Å²) in [6, 6.07) is 7.71. The Morgan fingerprint density at radius 3 is 2.37 bits per heavy atom. The van der Waals surface area contributed by atoms with Gasteiger partial charge in [-0.2, -0.15) is 0 Å². The number of anilines is 2. The SMILES string of the molecule is CS(=O)(=O)N1CCC(C(=O)Nc2nnc(SCC(=O)N3CCN(c4ccc(Cl)cc4)CC3)s2)CC1. The topological polar surface area (TPSA) is 116 Å². The smallest absolute Gasteiger partial charge is 0.233 e. The van der Waals surface area contributed by atoms with Gasteiger partial charge in [-0.15, -0.1) is 10.2 Å². The molecule has 0 atom stereocenters. The molecule has 1 N–H and O–H groups in total. The van der Waals surface area contributed by atoms with Gasteiger partial charge in [-0.05, 0) is 37.1 Å². The number of halogens is 1. The van der Waals surface area contributed by atoms with Gasteiger partial charge >= 0.3 is 0 Å². The first-order valence-electron chi connectivity index (χ1n) is 11.2. The summed E-state index contributed by atoms with van der Waals surface area (Å²) < 4.78 is 25.3. The fourth-order valence-electron chi connectivity index (χ4n) is 4.06. The third-order valence-corrected chi connectivity index (χ3v) is 9.59. The van der Waals surface area contributed by atoms with Gasteiger partial charge in [0.05, 0.1) is 12.0 Å². The van der Waals surface area contributed by atoms with Crippen molar-refractivity contribution in [2.24, 2.45) is 5.92 Å². The minimum Gasteiger partial charge on any atom is -0.368 e. The van der Waals surface area contributed by atoms with Crippen LogP contribution < -0.4 is 10.2 Å². The normalized spacial score (nSPS) is 18.0. The van der Waals surface area contributed by atoms with Crippen LogP contribution in [0.4, 0.5) is 10.8 Å². The summed E-state index contributed by atoms with van der Waals surface area (Å²) in [5.74, 6) is -0.140. The Balaban J connectivity index is 1.19. The Hall–Kier alpha value is -1.93. The molecule has 0 bridgehead atoms. The molecule has 2 amide bonds. The van der Waals surface area contributed by atoms with Gasteiger partial charge in [0, 0.05) is 55.9 Å². The lowest BCUT2D eigenvalue weighted by molar-refractivity contribution is -0.128. The molecule has 10 nitrogen and oxygen atoms in total. The standard InChI is InChI=1S/C21H27ClN6O4S3/c1-35(31,32)28-8-6-15(7-9-28)19(30)23-20-24-25-21(34-20)33-14-18(29)27-12-10-26(11-13-27)17-4-2-16(22)3-5-17/h2-5,15H,6-14H2,1H3,(H,23,24,30). The second-order valence-corrected chi connectivity index (χ2v) is 13.1. The van der Waals surface area contributed by atoms with Gasteiger partial charge < -0.3 is 15.1 Å². The first-order valence-corrected chi connectivity index (χ1v) is 15.2. The Morgan fingerprint density at radius 2 is 1.74 bits per heavy atom. The number of amides is 2. The van der Waals surface area contributed by atoms with Crippen molar-refractivity contribution in [1.82, 2.24) is 19.4 Å². The molecule has 14 heteroatoms. The van der Waals surface area contributed by atoms with Crippen molar-refractivity contribution in [1.29, 1.82) is 0 Å². The summed E-state index contributed by atoms with van der Waals surface area (Å²) >= 11 is 8.50. The predicted octanol–water partition coefficient (Wildman–Crippen LogP) is 2.24. The number of sulfonamides is 1. The number of hydrogen-bond donors (Lipinski definition) is 1. The van der Waals surface area contributed by atoms with E-state index in [0.717, 1.165) is 18.8 Å². The molecule has 0 radical (unpaired) electrons. The average Bonchev–Trinajstić information content (AvgIpc) is 3.30. The molecule has 0 saturated carbocycles. The quantitative estimate of drug-likeness (QED) is 0.406. The highest BCUT2D eigenvalue weighted by atomic mass is 35.5. The Morgan fingerprint density at radius 1 is 1.09 bits per heavy atom. The maximum absolute atomic E-state index is 12.7. The van der Waals surface area contributed by atoms with E-state index in [4.69, 9.17) is 11.6 Å². The highest BCUT2D eigenvalue weighted by Crippen LogP contribution is 2.28. The highest BCUT2D eigenvalue weighted by Gasteiger charge is 2.29. The van der Waals surface area contributed by atoms with E-state index >= 15 is 0 Å². The molecular weight excluding hydrogens is 532 g/mol. The third-order valence-electron chi connectivity index (χ3n) is 6.07. The van der Waals surface area contributed by atoms with Crippen LogP contribution in [0, 0.1) is 5.92 Å². The number of piperazine rings is 1. The van der Waals surface area contributed by atoms with Gasteiger partial charge in [0.2, 0.25) is 27.0 Å². The van der Waals surface area contributed by atoms with Crippen molar-refractivity contribution in [2.75, 3.05) is 61.5 Å². The summed E-state index contributed by atoms with van der Waals surface area (Å²) in [7, 11) is -3.23. The number of nitrogens with one attached hydrogen (secondary N) is 1.